The Balaban J connectivity index is 1.62. The highest BCUT2D eigenvalue weighted by molar-refractivity contribution is 7.71. The summed E-state index contributed by atoms with van der Waals surface area (Å²) in [5.74, 6) is 2.26. The van der Waals surface area contributed by atoms with E-state index in [0.717, 1.165) is 34.1 Å². The van der Waals surface area contributed by atoms with Crippen LogP contribution in [0.4, 0.5) is 0 Å². The molecule has 4 aromatic rings. The van der Waals surface area contributed by atoms with Gasteiger partial charge in [0.25, 0.3) is 0 Å². The number of methoxy groups -OCH3 is 1. The molecular weight excluding hydrogens is 434 g/mol. The summed E-state index contributed by atoms with van der Waals surface area (Å²) in [5.41, 5.74) is 3.04. The lowest BCUT2D eigenvalue weighted by Crippen LogP contribution is -2.22. The normalized spacial score (nSPS) is 11.0. The number of para-hydroxylation sites is 1. The second-order valence-electron chi connectivity index (χ2n) is 7.59. The number of benzene rings is 2. The average molecular weight is 462 g/mol. The van der Waals surface area contributed by atoms with Crippen LogP contribution in [-0.2, 0) is 13.2 Å². The van der Waals surface area contributed by atoms with Crippen molar-refractivity contribution < 1.29 is 9.47 Å². The van der Waals surface area contributed by atoms with Crippen molar-refractivity contribution in [2.75, 3.05) is 20.8 Å². The monoisotopic (exact) mass is 461 g/mol. The van der Waals surface area contributed by atoms with Gasteiger partial charge in [-0.05, 0) is 68.2 Å². The first-order chi connectivity index (χ1) is 16.1. The van der Waals surface area contributed by atoms with E-state index in [0.29, 0.717) is 24.6 Å². The maximum atomic E-state index is 5.85. The second-order valence-corrected chi connectivity index (χ2v) is 7.95. The smallest absolute Gasteiger partial charge is 0.204 e. The summed E-state index contributed by atoms with van der Waals surface area (Å²) in [4.78, 5) is 6.29. The Hall–Kier alpha value is -3.49. The van der Waals surface area contributed by atoms with Gasteiger partial charge in [0.2, 0.25) is 4.77 Å². The van der Waals surface area contributed by atoms with E-state index in [4.69, 9.17) is 26.8 Å². The van der Waals surface area contributed by atoms with Crippen molar-refractivity contribution >= 4 is 12.2 Å². The fraction of sp³-hybridized carbons (Fsp3) is 0.240. The lowest BCUT2D eigenvalue weighted by atomic mass is 10.2. The summed E-state index contributed by atoms with van der Waals surface area (Å²) >= 11 is 5.85. The fourth-order valence-corrected chi connectivity index (χ4v) is 3.96. The molecule has 0 unspecified atom stereocenters. The van der Waals surface area contributed by atoms with E-state index in [1.807, 2.05) is 83.9 Å². The number of aromatic nitrogens is 4. The maximum absolute atomic E-state index is 5.85. The number of rotatable bonds is 9. The van der Waals surface area contributed by atoms with Gasteiger partial charge in [-0.15, -0.1) is 5.10 Å². The summed E-state index contributed by atoms with van der Waals surface area (Å²) in [7, 11) is 3.69. The minimum atomic E-state index is 0.534. The van der Waals surface area contributed by atoms with Gasteiger partial charge < -0.3 is 9.47 Å². The number of nitrogens with zero attached hydrogens (tertiary/aromatic N) is 5. The third-order valence-corrected chi connectivity index (χ3v) is 5.54. The summed E-state index contributed by atoms with van der Waals surface area (Å²) < 4.78 is 15.6. The highest BCUT2D eigenvalue weighted by atomic mass is 32.1. The van der Waals surface area contributed by atoms with E-state index in [2.05, 4.69) is 9.88 Å². The third-order valence-electron chi connectivity index (χ3n) is 5.15. The van der Waals surface area contributed by atoms with E-state index in [9.17, 15) is 0 Å². The Morgan fingerprint density at radius 2 is 1.76 bits per heavy atom. The average Bonchev–Trinajstić information content (AvgIpc) is 3.17. The molecule has 0 saturated heterocycles. The number of pyridine rings is 1. The molecule has 0 fully saturated rings. The number of ether oxygens (including phenoxy) is 2. The first-order valence-corrected chi connectivity index (χ1v) is 11.2. The van der Waals surface area contributed by atoms with Crippen molar-refractivity contribution in [1.82, 2.24) is 24.2 Å². The summed E-state index contributed by atoms with van der Waals surface area (Å²) in [6, 6.07) is 19.9. The van der Waals surface area contributed by atoms with E-state index < -0.39 is 0 Å². The molecule has 0 atom stereocenters. The van der Waals surface area contributed by atoms with Crippen LogP contribution < -0.4 is 9.47 Å². The molecule has 0 aliphatic heterocycles. The Morgan fingerprint density at radius 1 is 1.00 bits per heavy atom. The Labute approximate surface area is 198 Å². The largest absolute Gasteiger partial charge is 0.493 e. The molecule has 8 heteroatoms. The van der Waals surface area contributed by atoms with Crippen LogP contribution in [0.5, 0.6) is 11.5 Å². The van der Waals surface area contributed by atoms with Crippen molar-refractivity contribution in [2.45, 2.75) is 20.1 Å². The van der Waals surface area contributed by atoms with Crippen LogP contribution in [-0.4, -0.2) is 45.0 Å². The second kappa shape index (κ2) is 10.4. The summed E-state index contributed by atoms with van der Waals surface area (Å²) in [6.07, 6.45) is 3.52. The molecule has 2 aromatic heterocycles. The molecule has 0 N–H and O–H groups in total. The molecule has 170 valence electrons. The highest BCUT2D eigenvalue weighted by Crippen LogP contribution is 2.28. The number of hydrogen-bond acceptors (Lipinski definition) is 6. The van der Waals surface area contributed by atoms with Crippen molar-refractivity contribution in [3.8, 4) is 28.6 Å². The lowest BCUT2D eigenvalue weighted by molar-refractivity contribution is 0.243. The third kappa shape index (κ3) is 5.13. The predicted octanol–water partition coefficient (Wildman–Crippen LogP) is 4.96. The first-order valence-electron chi connectivity index (χ1n) is 10.7. The van der Waals surface area contributed by atoms with E-state index >= 15 is 0 Å². The Bertz CT molecular complexity index is 1260. The fourth-order valence-electron chi connectivity index (χ4n) is 3.67. The molecule has 0 radical (unpaired) electrons. The molecule has 0 saturated carbocycles. The van der Waals surface area contributed by atoms with Gasteiger partial charge in [-0.1, -0.05) is 24.3 Å². The zero-order chi connectivity index (χ0) is 23.2. The van der Waals surface area contributed by atoms with Crippen LogP contribution in [0.2, 0.25) is 0 Å². The molecule has 0 spiro atoms. The summed E-state index contributed by atoms with van der Waals surface area (Å²) in [6.45, 7) is 3.79. The van der Waals surface area contributed by atoms with Crippen LogP contribution in [0.1, 0.15) is 12.5 Å². The van der Waals surface area contributed by atoms with Gasteiger partial charge in [0.15, 0.2) is 17.3 Å². The zero-order valence-electron chi connectivity index (χ0n) is 19.0. The van der Waals surface area contributed by atoms with Gasteiger partial charge >= 0.3 is 0 Å². The van der Waals surface area contributed by atoms with Gasteiger partial charge in [0.1, 0.15) is 0 Å². The molecule has 33 heavy (non-hydrogen) atoms. The number of hydrogen-bond donors (Lipinski definition) is 0. The standard InChI is InChI=1S/C25H27N5O2S/c1-4-32-22-11-10-19(16-23(22)31-3)17-28(2)18-29-25(33)30(21-8-6-5-7-9-21)24(27-29)20-12-14-26-15-13-20/h5-16H,4,17-18H2,1-3H3. The van der Waals surface area contributed by atoms with Crippen LogP contribution in [0.25, 0.3) is 17.1 Å². The molecule has 0 amide bonds. The SMILES string of the molecule is CCOc1ccc(CN(C)Cn2nc(-c3ccncc3)n(-c3ccccc3)c2=S)cc1OC. The Kier molecular flexibility index (Phi) is 7.16. The van der Waals surface area contributed by atoms with E-state index in [1.54, 1.807) is 19.5 Å². The molecular formula is C25H27N5O2S. The van der Waals surface area contributed by atoms with Gasteiger partial charge in [0, 0.05) is 30.2 Å². The van der Waals surface area contributed by atoms with Crippen LogP contribution >= 0.6 is 12.2 Å². The van der Waals surface area contributed by atoms with Gasteiger partial charge in [-0.3, -0.25) is 14.5 Å². The van der Waals surface area contributed by atoms with Gasteiger partial charge in [-0.25, -0.2) is 4.68 Å². The Morgan fingerprint density at radius 3 is 2.45 bits per heavy atom. The lowest BCUT2D eigenvalue weighted by Gasteiger charge is -2.18. The molecule has 0 bridgehead atoms. The minimum Gasteiger partial charge on any atom is -0.493 e. The van der Waals surface area contributed by atoms with Crippen molar-refractivity contribution in [3.05, 3.63) is 83.4 Å². The first kappa shape index (κ1) is 22.7. The highest BCUT2D eigenvalue weighted by Gasteiger charge is 2.16. The van der Waals surface area contributed by atoms with Crippen molar-refractivity contribution in [2.24, 2.45) is 0 Å². The molecule has 2 aromatic carbocycles. The van der Waals surface area contributed by atoms with Gasteiger partial charge in [-0.2, -0.15) is 0 Å². The van der Waals surface area contributed by atoms with Crippen LogP contribution in [0.15, 0.2) is 73.1 Å². The van der Waals surface area contributed by atoms with E-state index in [-0.39, 0.29) is 0 Å². The quantitative estimate of drug-likeness (QED) is 0.328. The predicted molar refractivity (Wildman–Crippen MR) is 131 cm³/mol. The summed E-state index contributed by atoms with van der Waals surface area (Å²) in [5, 5.41) is 4.87. The molecule has 2 heterocycles. The van der Waals surface area contributed by atoms with Crippen molar-refractivity contribution in [1.29, 1.82) is 0 Å². The van der Waals surface area contributed by atoms with Crippen LogP contribution in [0, 0.1) is 4.77 Å². The topological polar surface area (TPSA) is 57.3 Å². The maximum Gasteiger partial charge on any atom is 0.204 e. The van der Waals surface area contributed by atoms with E-state index in [1.165, 1.54) is 0 Å². The van der Waals surface area contributed by atoms with Gasteiger partial charge in [0.05, 0.1) is 20.4 Å². The molecule has 0 aliphatic rings. The van der Waals surface area contributed by atoms with Crippen molar-refractivity contribution in [3.63, 3.8) is 0 Å². The molecule has 0 aliphatic carbocycles. The molecule has 7 nitrogen and oxygen atoms in total. The van der Waals surface area contributed by atoms with Crippen LogP contribution in [0.3, 0.4) is 0 Å². The minimum absolute atomic E-state index is 0.534. The molecule has 4 rings (SSSR count). The zero-order valence-corrected chi connectivity index (χ0v) is 19.8.